The van der Waals surface area contributed by atoms with E-state index in [2.05, 4.69) is 188 Å². The van der Waals surface area contributed by atoms with E-state index in [1.807, 2.05) is 65.6 Å². The van der Waals surface area contributed by atoms with E-state index in [0.717, 1.165) is 83.2 Å². The molecule has 0 saturated carbocycles. The highest BCUT2D eigenvalue weighted by Crippen LogP contribution is 2.59. The van der Waals surface area contributed by atoms with Gasteiger partial charge in [-0.3, -0.25) is 0 Å². The normalized spacial score (nSPS) is 13.2. The van der Waals surface area contributed by atoms with Gasteiger partial charge in [0.2, 0.25) is 0 Å². The van der Waals surface area contributed by atoms with Crippen molar-refractivity contribution in [3.8, 4) is 55.6 Å². The maximum absolute atomic E-state index is 10.0. The molecule has 0 N–H and O–H groups in total. The topological polar surface area (TPSA) is 3.24 Å². The molecule has 66 heavy (non-hydrogen) atoms. The van der Waals surface area contributed by atoms with Crippen LogP contribution in [0.1, 0.15) is 27.7 Å². The number of hydrogen-bond donors (Lipinski definition) is 0. The summed E-state index contributed by atoms with van der Waals surface area (Å²) in [7, 11) is 0. The van der Waals surface area contributed by atoms with E-state index in [1.165, 1.54) is 0 Å². The van der Waals surface area contributed by atoms with E-state index in [-0.39, 0.29) is 35.4 Å². The van der Waals surface area contributed by atoms with Gasteiger partial charge in [-0.05, 0) is 126 Å². The first-order valence-electron chi connectivity index (χ1n) is 24.5. The number of benzene rings is 11. The Morgan fingerprint density at radius 2 is 0.803 bits per heavy atom. The highest BCUT2D eigenvalue weighted by molar-refractivity contribution is 5.99. The third-order valence-electron chi connectivity index (χ3n) is 13.2. The summed E-state index contributed by atoms with van der Waals surface area (Å²) in [5.41, 5.74) is 14.6. The van der Waals surface area contributed by atoms with E-state index < -0.39 is 5.41 Å². The maximum Gasteiger partial charge on any atom is 0.0714 e. The Bertz CT molecular complexity index is 3680. The van der Waals surface area contributed by atoms with Crippen molar-refractivity contribution < 1.29 is 5.48 Å². The zero-order chi connectivity index (χ0) is 47.3. The summed E-state index contributed by atoms with van der Waals surface area (Å²) in [6.45, 7) is 0. The molecular formula is C65H45N. The minimum absolute atomic E-state index is 0.110. The van der Waals surface area contributed by atoms with Crippen molar-refractivity contribution in [2.75, 3.05) is 4.90 Å². The van der Waals surface area contributed by atoms with Gasteiger partial charge in [0.15, 0.2) is 0 Å². The van der Waals surface area contributed by atoms with Crippen LogP contribution in [0.3, 0.4) is 0 Å². The van der Waals surface area contributed by atoms with E-state index >= 15 is 0 Å². The number of fused-ring (bicyclic) bond motifs is 4. The molecule has 0 unspecified atom stereocenters. The van der Waals surface area contributed by atoms with Crippen LogP contribution in [-0.4, -0.2) is 0 Å². The van der Waals surface area contributed by atoms with Crippen molar-refractivity contribution in [2.24, 2.45) is 0 Å². The molecule has 310 valence electrons. The average molecular weight is 844 g/mol. The lowest BCUT2D eigenvalue weighted by molar-refractivity contribution is 0.768. The second-order valence-electron chi connectivity index (χ2n) is 16.9. The molecule has 0 amide bonds. The van der Waals surface area contributed by atoms with Gasteiger partial charge in [0.05, 0.1) is 16.6 Å². The number of nitrogens with zero attached hydrogens (tertiary/aromatic N) is 1. The third kappa shape index (κ3) is 6.64. The van der Waals surface area contributed by atoms with Gasteiger partial charge in [-0.2, -0.15) is 0 Å². The number of hydrogen-bond acceptors (Lipinski definition) is 1. The highest BCUT2D eigenvalue weighted by Gasteiger charge is 2.47. The van der Waals surface area contributed by atoms with Crippen LogP contribution in [0.15, 0.2) is 273 Å². The lowest BCUT2D eigenvalue weighted by atomic mass is 9.68. The lowest BCUT2D eigenvalue weighted by Crippen LogP contribution is -2.28. The Morgan fingerprint density at radius 3 is 1.52 bits per heavy atom. The van der Waals surface area contributed by atoms with E-state index in [1.54, 1.807) is 0 Å². The molecule has 0 fully saturated rings. The third-order valence-corrected chi connectivity index (χ3v) is 13.2. The largest absolute Gasteiger partial charge is 0.310 e. The van der Waals surface area contributed by atoms with Crippen molar-refractivity contribution >= 4 is 27.8 Å². The summed E-state index contributed by atoms with van der Waals surface area (Å²) < 4.78 is 39.7. The van der Waals surface area contributed by atoms with Gasteiger partial charge in [0.1, 0.15) is 0 Å². The number of rotatable bonds is 9. The van der Waals surface area contributed by atoms with Crippen LogP contribution in [0, 0.1) is 0 Å². The van der Waals surface area contributed by atoms with Crippen LogP contribution in [0.25, 0.3) is 66.4 Å². The minimum Gasteiger partial charge on any atom is -0.310 e. The summed E-state index contributed by atoms with van der Waals surface area (Å²) in [4.78, 5) is 1.96. The van der Waals surface area contributed by atoms with Crippen LogP contribution in [0.4, 0.5) is 17.1 Å². The number of anilines is 3. The Kier molecular flexibility index (Phi) is 8.75. The maximum atomic E-state index is 10.0. The molecule has 0 radical (unpaired) electrons. The van der Waals surface area contributed by atoms with Gasteiger partial charge < -0.3 is 4.90 Å². The fraction of sp³-hybridized carbons (Fsp3) is 0.0154. The molecule has 0 bridgehead atoms. The first-order chi connectivity index (χ1) is 34.4. The molecule has 11 aromatic rings. The predicted molar refractivity (Wildman–Crippen MR) is 278 cm³/mol. The molecule has 0 saturated heterocycles. The molecule has 1 aliphatic rings. The van der Waals surface area contributed by atoms with Crippen molar-refractivity contribution in [3.05, 3.63) is 295 Å². The molecule has 0 atom stereocenters. The van der Waals surface area contributed by atoms with Crippen molar-refractivity contribution in [1.82, 2.24) is 0 Å². The molecule has 1 nitrogen and oxygen atoms in total. The smallest absolute Gasteiger partial charge is 0.0714 e. The standard InChI is InChI=1S/C65H45N/c1-4-18-46(19-5-1)50-22-14-23-51(44-50)47-36-40-56(41-37-47)66(57-42-38-48(39-43-57)52-24-15-25-53(45-52)59-32-16-21-49-20-10-11-30-58(49)59)63-35-17-34-62-64(63)60-31-12-13-33-61(60)65(62,54-26-6-2-7-27-54)55-28-8-3-9-29-55/h1-45H/i38D,39D,42D,43D. The Hall–Kier alpha value is -8.52. The fourth-order valence-corrected chi connectivity index (χ4v) is 10.2. The van der Waals surface area contributed by atoms with Crippen LogP contribution >= 0.6 is 0 Å². The van der Waals surface area contributed by atoms with Gasteiger partial charge in [-0.15, -0.1) is 0 Å². The summed E-state index contributed by atoms with van der Waals surface area (Å²) in [6.07, 6.45) is 0. The zero-order valence-electron chi connectivity index (χ0n) is 40.1. The molecule has 11 aromatic carbocycles. The second kappa shape index (κ2) is 16.6. The van der Waals surface area contributed by atoms with E-state index in [4.69, 9.17) is 0 Å². The molecular weight excluding hydrogens is 795 g/mol. The highest BCUT2D eigenvalue weighted by atomic mass is 15.1. The summed E-state index contributed by atoms with van der Waals surface area (Å²) in [5.74, 6) is 0. The zero-order valence-corrected chi connectivity index (χ0v) is 36.1. The molecule has 12 rings (SSSR count). The van der Waals surface area contributed by atoms with E-state index in [9.17, 15) is 5.48 Å². The van der Waals surface area contributed by atoms with Gasteiger partial charge in [0, 0.05) is 16.9 Å². The summed E-state index contributed by atoms with van der Waals surface area (Å²) >= 11 is 0. The first-order valence-corrected chi connectivity index (χ1v) is 22.5. The van der Waals surface area contributed by atoms with Gasteiger partial charge in [-0.1, -0.05) is 230 Å². The van der Waals surface area contributed by atoms with Gasteiger partial charge >= 0.3 is 0 Å². The van der Waals surface area contributed by atoms with Crippen LogP contribution in [0.2, 0.25) is 0 Å². The molecule has 0 heterocycles. The van der Waals surface area contributed by atoms with Gasteiger partial charge in [-0.25, -0.2) is 0 Å². The van der Waals surface area contributed by atoms with Crippen molar-refractivity contribution in [3.63, 3.8) is 0 Å². The van der Waals surface area contributed by atoms with Crippen molar-refractivity contribution in [2.45, 2.75) is 5.41 Å². The molecule has 0 spiro atoms. The quantitative estimate of drug-likeness (QED) is 0.140. The molecule has 1 aliphatic carbocycles. The Balaban J connectivity index is 1.08. The van der Waals surface area contributed by atoms with Crippen LogP contribution in [0.5, 0.6) is 0 Å². The Morgan fingerprint density at radius 1 is 0.318 bits per heavy atom. The predicted octanol–water partition coefficient (Wildman–Crippen LogP) is 17.3. The summed E-state index contributed by atoms with van der Waals surface area (Å²) in [6, 6.07) is 85.2. The Labute approximate surface area is 392 Å². The summed E-state index contributed by atoms with van der Waals surface area (Å²) in [5, 5.41) is 2.22. The molecule has 0 aliphatic heterocycles. The van der Waals surface area contributed by atoms with E-state index in [0.29, 0.717) is 11.3 Å². The average Bonchev–Trinajstić information content (AvgIpc) is 3.74. The lowest BCUT2D eigenvalue weighted by Gasteiger charge is -2.34. The van der Waals surface area contributed by atoms with Gasteiger partial charge in [0.25, 0.3) is 0 Å². The van der Waals surface area contributed by atoms with Crippen LogP contribution in [-0.2, 0) is 5.41 Å². The van der Waals surface area contributed by atoms with Crippen LogP contribution < -0.4 is 4.90 Å². The molecule has 0 aromatic heterocycles. The SMILES string of the molecule is [2H]c1c([2H])c(N(c2ccc(-c3cccc(-c4ccccc4)c3)cc2)c2cccc3c2-c2ccccc2C3(c2ccccc2)c2ccccc2)c([2H])c([2H])c1-c1cccc(-c2cccc3ccccc23)c1. The minimum atomic E-state index is -0.697. The molecule has 1 heteroatoms. The van der Waals surface area contributed by atoms with Crippen molar-refractivity contribution in [1.29, 1.82) is 0 Å². The monoisotopic (exact) mass is 843 g/mol. The fourth-order valence-electron chi connectivity index (χ4n) is 10.2. The first kappa shape index (κ1) is 34.9. The second-order valence-corrected chi connectivity index (χ2v) is 16.9.